The number of aromatic nitrogens is 1. The number of anilines is 1. The molecule has 2 rings (SSSR count). The first-order valence-electron chi connectivity index (χ1n) is 8.93. The minimum absolute atomic E-state index is 0.0873. The third-order valence-electron chi connectivity index (χ3n) is 4.32. The topological polar surface area (TPSA) is 79.4 Å². The normalized spacial score (nSPS) is 11.4. The van der Waals surface area contributed by atoms with Crippen LogP contribution in [0.5, 0.6) is 0 Å². The number of pyridine rings is 1. The summed E-state index contributed by atoms with van der Waals surface area (Å²) >= 11 is 0. The summed E-state index contributed by atoms with van der Waals surface area (Å²) in [6, 6.07) is 9.41. The lowest BCUT2D eigenvalue weighted by Gasteiger charge is -2.28. The standard InChI is InChI=1S/C20H27N3O3S/c1-15(2)18-7-5-6-16(3)20(18)23(27(4,25)26)13-10-19(24)22-14-17-8-11-21-12-9-17/h5-9,11-12,15H,10,13-14H2,1-4H3,(H,22,24). The summed E-state index contributed by atoms with van der Waals surface area (Å²) in [5.41, 5.74) is 3.46. The molecule has 0 aliphatic heterocycles. The molecule has 0 aliphatic carbocycles. The average Bonchev–Trinajstić information content (AvgIpc) is 2.61. The second-order valence-electron chi connectivity index (χ2n) is 6.88. The van der Waals surface area contributed by atoms with Gasteiger partial charge in [-0.05, 0) is 41.7 Å². The molecule has 7 heteroatoms. The SMILES string of the molecule is Cc1cccc(C(C)C)c1N(CCC(=O)NCc1ccncc1)S(C)(=O)=O. The van der Waals surface area contributed by atoms with Crippen molar-refractivity contribution in [1.82, 2.24) is 10.3 Å². The number of benzene rings is 1. The van der Waals surface area contributed by atoms with E-state index < -0.39 is 10.0 Å². The molecular weight excluding hydrogens is 362 g/mol. The number of amides is 1. The van der Waals surface area contributed by atoms with Gasteiger partial charge in [0.25, 0.3) is 0 Å². The van der Waals surface area contributed by atoms with E-state index in [1.165, 1.54) is 10.6 Å². The van der Waals surface area contributed by atoms with Crippen molar-refractivity contribution in [2.24, 2.45) is 0 Å². The summed E-state index contributed by atoms with van der Waals surface area (Å²) in [4.78, 5) is 16.2. The predicted molar refractivity (Wildman–Crippen MR) is 108 cm³/mol. The van der Waals surface area contributed by atoms with E-state index in [2.05, 4.69) is 10.3 Å². The van der Waals surface area contributed by atoms with Crippen LogP contribution in [0.3, 0.4) is 0 Å². The monoisotopic (exact) mass is 389 g/mol. The van der Waals surface area contributed by atoms with Crippen molar-refractivity contribution in [3.63, 3.8) is 0 Å². The van der Waals surface area contributed by atoms with Crippen molar-refractivity contribution >= 4 is 21.6 Å². The molecular formula is C20H27N3O3S. The number of rotatable bonds is 8. The molecule has 0 atom stereocenters. The van der Waals surface area contributed by atoms with Gasteiger partial charge >= 0.3 is 0 Å². The summed E-state index contributed by atoms with van der Waals surface area (Å²) in [5.74, 6) is -0.0233. The highest BCUT2D eigenvalue weighted by molar-refractivity contribution is 7.92. The van der Waals surface area contributed by atoms with Crippen LogP contribution in [-0.2, 0) is 21.4 Å². The Labute approximate surface area is 161 Å². The third-order valence-corrected chi connectivity index (χ3v) is 5.49. The quantitative estimate of drug-likeness (QED) is 0.753. The number of nitrogens with zero attached hydrogens (tertiary/aromatic N) is 2. The van der Waals surface area contributed by atoms with Crippen molar-refractivity contribution in [2.75, 3.05) is 17.1 Å². The van der Waals surface area contributed by atoms with Crippen LogP contribution in [0, 0.1) is 6.92 Å². The van der Waals surface area contributed by atoms with Gasteiger partial charge in [0.2, 0.25) is 15.9 Å². The fourth-order valence-corrected chi connectivity index (χ4v) is 3.93. The van der Waals surface area contributed by atoms with Crippen LogP contribution >= 0.6 is 0 Å². The zero-order chi connectivity index (χ0) is 20.0. The molecule has 0 saturated carbocycles. The van der Waals surface area contributed by atoms with Gasteiger partial charge in [-0.25, -0.2) is 8.42 Å². The molecule has 1 N–H and O–H groups in total. The Hall–Kier alpha value is -2.41. The van der Waals surface area contributed by atoms with Gasteiger partial charge < -0.3 is 5.32 Å². The molecule has 27 heavy (non-hydrogen) atoms. The van der Waals surface area contributed by atoms with Crippen molar-refractivity contribution in [2.45, 2.75) is 39.7 Å². The van der Waals surface area contributed by atoms with Gasteiger partial charge in [0.15, 0.2) is 0 Å². The maximum atomic E-state index is 12.4. The summed E-state index contributed by atoms with van der Waals surface area (Å²) in [7, 11) is -3.51. The predicted octanol–water partition coefficient (Wildman–Crippen LogP) is 2.99. The van der Waals surface area contributed by atoms with Crippen LogP contribution in [-0.4, -0.2) is 32.1 Å². The number of hydrogen-bond donors (Lipinski definition) is 1. The van der Waals surface area contributed by atoms with Gasteiger partial charge in [0.05, 0.1) is 11.9 Å². The van der Waals surface area contributed by atoms with Gasteiger partial charge in [-0.3, -0.25) is 14.1 Å². The molecule has 0 radical (unpaired) electrons. The van der Waals surface area contributed by atoms with Gasteiger partial charge in [-0.2, -0.15) is 0 Å². The first kappa shape index (κ1) is 20.9. The van der Waals surface area contributed by atoms with Gasteiger partial charge in [0.1, 0.15) is 0 Å². The van der Waals surface area contributed by atoms with Crippen molar-refractivity contribution < 1.29 is 13.2 Å². The Morgan fingerprint density at radius 2 is 1.85 bits per heavy atom. The first-order chi connectivity index (χ1) is 12.7. The molecule has 0 bridgehead atoms. The van der Waals surface area contributed by atoms with E-state index in [4.69, 9.17) is 0 Å². The Morgan fingerprint density at radius 3 is 2.44 bits per heavy atom. The number of para-hydroxylation sites is 1. The van der Waals surface area contributed by atoms with Crippen LogP contribution in [0.2, 0.25) is 0 Å². The van der Waals surface area contributed by atoms with Crippen LogP contribution in [0.25, 0.3) is 0 Å². The molecule has 2 aromatic rings. The number of nitrogens with one attached hydrogen (secondary N) is 1. The molecule has 0 fully saturated rings. The first-order valence-corrected chi connectivity index (χ1v) is 10.8. The average molecular weight is 390 g/mol. The van der Waals surface area contributed by atoms with E-state index in [0.717, 1.165) is 16.7 Å². The van der Waals surface area contributed by atoms with Crippen LogP contribution in [0.15, 0.2) is 42.7 Å². The van der Waals surface area contributed by atoms with E-state index in [1.54, 1.807) is 12.4 Å². The molecule has 1 aromatic carbocycles. The Bertz CT molecular complexity index is 881. The third kappa shape index (κ3) is 5.79. The van der Waals surface area contributed by atoms with Crippen LogP contribution in [0.1, 0.15) is 42.9 Å². The van der Waals surface area contributed by atoms with Crippen molar-refractivity contribution in [1.29, 1.82) is 0 Å². The molecule has 0 unspecified atom stereocenters. The maximum absolute atomic E-state index is 12.4. The van der Waals surface area contributed by atoms with Gasteiger partial charge in [-0.1, -0.05) is 32.0 Å². The summed E-state index contributed by atoms with van der Waals surface area (Å²) in [5, 5.41) is 2.82. The molecule has 0 saturated heterocycles. The highest BCUT2D eigenvalue weighted by atomic mass is 32.2. The minimum Gasteiger partial charge on any atom is -0.352 e. The fourth-order valence-electron chi connectivity index (χ4n) is 2.92. The highest BCUT2D eigenvalue weighted by Gasteiger charge is 2.23. The number of aryl methyl sites for hydroxylation is 1. The van der Waals surface area contributed by atoms with Gasteiger partial charge in [-0.15, -0.1) is 0 Å². The summed E-state index contributed by atoms with van der Waals surface area (Å²) < 4.78 is 26.2. The molecule has 1 aromatic heterocycles. The molecule has 146 valence electrons. The summed E-state index contributed by atoms with van der Waals surface area (Å²) in [6.07, 6.45) is 4.60. The van der Waals surface area contributed by atoms with E-state index in [1.807, 2.05) is 51.1 Å². The Balaban J connectivity index is 2.14. The van der Waals surface area contributed by atoms with Crippen LogP contribution < -0.4 is 9.62 Å². The molecule has 0 aliphatic rings. The van der Waals surface area contributed by atoms with E-state index in [-0.39, 0.29) is 24.8 Å². The lowest BCUT2D eigenvalue weighted by Crippen LogP contribution is -2.35. The zero-order valence-electron chi connectivity index (χ0n) is 16.3. The molecule has 1 amide bonds. The van der Waals surface area contributed by atoms with E-state index in [9.17, 15) is 13.2 Å². The Kier molecular flexibility index (Phi) is 6.96. The van der Waals surface area contributed by atoms with Crippen molar-refractivity contribution in [3.05, 3.63) is 59.4 Å². The number of sulfonamides is 1. The second kappa shape index (κ2) is 8.99. The van der Waals surface area contributed by atoms with E-state index in [0.29, 0.717) is 12.2 Å². The second-order valence-corrected chi connectivity index (χ2v) is 8.79. The smallest absolute Gasteiger partial charge is 0.232 e. The number of carbonyl (C=O) groups is 1. The van der Waals surface area contributed by atoms with Gasteiger partial charge in [0, 0.05) is 31.9 Å². The highest BCUT2D eigenvalue weighted by Crippen LogP contribution is 2.32. The Morgan fingerprint density at radius 1 is 1.19 bits per heavy atom. The number of carbonyl (C=O) groups excluding carboxylic acids is 1. The van der Waals surface area contributed by atoms with Crippen LogP contribution in [0.4, 0.5) is 5.69 Å². The minimum atomic E-state index is -3.51. The fraction of sp³-hybridized carbons (Fsp3) is 0.400. The van der Waals surface area contributed by atoms with Crippen molar-refractivity contribution in [3.8, 4) is 0 Å². The summed E-state index contributed by atoms with van der Waals surface area (Å²) in [6.45, 7) is 6.44. The molecule has 1 heterocycles. The molecule has 0 spiro atoms. The lowest BCUT2D eigenvalue weighted by molar-refractivity contribution is -0.121. The largest absolute Gasteiger partial charge is 0.352 e. The zero-order valence-corrected chi connectivity index (χ0v) is 17.1. The van der Waals surface area contributed by atoms with E-state index >= 15 is 0 Å². The maximum Gasteiger partial charge on any atom is 0.232 e. The lowest BCUT2D eigenvalue weighted by atomic mass is 9.98. The molecule has 6 nitrogen and oxygen atoms in total. The number of hydrogen-bond acceptors (Lipinski definition) is 4.